The largest absolute Gasteiger partial charge is 0.384 e. The Hall–Kier alpha value is -3.22. The quantitative estimate of drug-likeness (QED) is 0.586. The molecule has 0 spiro atoms. The van der Waals surface area contributed by atoms with E-state index in [9.17, 15) is 0 Å². The zero-order valence-corrected chi connectivity index (χ0v) is 13.1. The van der Waals surface area contributed by atoms with Crippen molar-refractivity contribution >= 4 is 17.0 Å². The van der Waals surface area contributed by atoms with Gasteiger partial charge in [0.25, 0.3) is 0 Å². The van der Waals surface area contributed by atoms with Crippen LogP contribution >= 0.6 is 0 Å². The first-order valence-corrected chi connectivity index (χ1v) is 7.79. The lowest BCUT2D eigenvalue weighted by Crippen LogP contribution is -2.01. The molecule has 4 aromatic rings. The number of rotatable bonds is 5. The van der Waals surface area contributed by atoms with Crippen molar-refractivity contribution in [2.45, 2.75) is 19.4 Å². The maximum absolute atomic E-state index is 5.84. The zero-order valence-electron chi connectivity index (χ0n) is 13.1. The molecule has 3 heterocycles. The van der Waals surface area contributed by atoms with Gasteiger partial charge in [-0.15, -0.1) is 5.10 Å². The number of fused-ring (bicyclic) bond motifs is 1. The van der Waals surface area contributed by atoms with E-state index < -0.39 is 0 Å². The van der Waals surface area contributed by atoms with E-state index in [1.807, 2.05) is 23.0 Å². The lowest BCUT2D eigenvalue weighted by Gasteiger charge is -2.02. The van der Waals surface area contributed by atoms with Crippen LogP contribution in [0.15, 0.2) is 48.8 Å². The van der Waals surface area contributed by atoms with Gasteiger partial charge in [-0.05, 0) is 29.2 Å². The molecule has 3 N–H and O–H groups in total. The monoisotopic (exact) mass is 319 g/mol. The van der Waals surface area contributed by atoms with E-state index in [0.29, 0.717) is 17.9 Å². The van der Waals surface area contributed by atoms with Crippen molar-refractivity contribution in [3.8, 4) is 0 Å². The summed E-state index contributed by atoms with van der Waals surface area (Å²) in [5, 5.41) is 15.2. The Morgan fingerprint density at radius 1 is 1.08 bits per heavy atom. The molecule has 1 aromatic carbocycles. The number of aromatic nitrogens is 6. The van der Waals surface area contributed by atoms with E-state index in [1.165, 1.54) is 5.56 Å². The molecule has 0 bridgehead atoms. The first-order valence-electron chi connectivity index (χ1n) is 7.79. The van der Waals surface area contributed by atoms with E-state index >= 15 is 0 Å². The molecule has 120 valence electrons. The summed E-state index contributed by atoms with van der Waals surface area (Å²) in [6.07, 6.45) is 5.60. The van der Waals surface area contributed by atoms with E-state index in [-0.39, 0.29) is 0 Å². The summed E-state index contributed by atoms with van der Waals surface area (Å²) in [5.41, 5.74) is 10.5. The van der Waals surface area contributed by atoms with Gasteiger partial charge in [-0.1, -0.05) is 30.3 Å². The van der Waals surface area contributed by atoms with Crippen molar-refractivity contribution in [3.05, 3.63) is 65.5 Å². The third-order valence-electron chi connectivity index (χ3n) is 3.94. The van der Waals surface area contributed by atoms with Gasteiger partial charge in [-0.2, -0.15) is 15.4 Å². The van der Waals surface area contributed by atoms with Crippen LogP contribution in [0.1, 0.15) is 16.7 Å². The van der Waals surface area contributed by atoms with E-state index in [1.54, 1.807) is 0 Å². The Morgan fingerprint density at radius 3 is 2.83 bits per heavy atom. The minimum Gasteiger partial charge on any atom is -0.384 e. The molecule has 0 aliphatic heterocycles. The molecule has 0 unspecified atom stereocenters. The Kier molecular flexibility index (Phi) is 3.66. The van der Waals surface area contributed by atoms with Crippen LogP contribution in [0.3, 0.4) is 0 Å². The van der Waals surface area contributed by atoms with Crippen LogP contribution in [-0.2, 0) is 19.4 Å². The molecule has 0 saturated heterocycles. The normalized spacial score (nSPS) is 11.2. The molecule has 0 amide bonds. The number of benzene rings is 1. The number of pyridine rings is 1. The fraction of sp³-hybridized carbons (Fsp3) is 0.176. The highest BCUT2D eigenvalue weighted by Gasteiger charge is 2.10. The fourth-order valence-electron chi connectivity index (χ4n) is 2.78. The second-order valence-corrected chi connectivity index (χ2v) is 5.73. The van der Waals surface area contributed by atoms with Crippen molar-refractivity contribution in [2.24, 2.45) is 0 Å². The van der Waals surface area contributed by atoms with Crippen LogP contribution in [-0.4, -0.2) is 30.2 Å². The predicted octanol–water partition coefficient (Wildman–Crippen LogP) is 1.97. The summed E-state index contributed by atoms with van der Waals surface area (Å²) in [6.45, 7) is 0.849. The van der Waals surface area contributed by atoms with Crippen molar-refractivity contribution < 1.29 is 0 Å². The summed E-state index contributed by atoms with van der Waals surface area (Å²) < 4.78 is 1.97. The van der Waals surface area contributed by atoms with E-state index in [4.69, 9.17) is 5.73 Å². The van der Waals surface area contributed by atoms with Crippen molar-refractivity contribution in [3.63, 3.8) is 0 Å². The van der Waals surface area contributed by atoms with Gasteiger partial charge in [0.2, 0.25) is 5.65 Å². The number of nitrogen functional groups attached to an aromatic ring is 1. The molecule has 24 heavy (non-hydrogen) atoms. The van der Waals surface area contributed by atoms with Gasteiger partial charge >= 0.3 is 0 Å². The van der Waals surface area contributed by atoms with Crippen molar-refractivity contribution in [1.29, 1.82) is 0 Å². The highest BCUT2D eigenvalue weighted by molar-refractivity contribution is 5.76. The average molecular weight is 319 g/mol. The maximum atomic E-state index is 5.84. The predicted molar refractivity (Wildman–Crippen MR) is 91.3 cm³/mol. The molecule has 7 heteroatoms. The molecule has 3 aromatic heterocycles. The molecule has 0 aliphatic rings. The van der Waals surface area contributed by atoms with Crippen molar-refractivity contribution in [2.75, 3.05) is 5.73 Å². The Bertz CT molecular complexity index is 955. The topological polar surface area (TPSA) is 98.3 Å². The second kappa shape index (κ2) is 6.11. The molecule has 0 saturated carbocycles. The number of nitrogens with one attached hydrogen (secondary N) is 1. The first-order chi connectivity index (χ1) is 11.8. The van der Waals surface area contributed by atoms with Crippen LogP contribution in [0.25, 0.3) is 11.2 Å². The van der Waals surface area contributed by atoms with Gasteiger partial charge in [0.05, 0.1) is 6.20 Å². The lowest BCUT2D eigenvalue weighted by atomic mass is 10.1. The SMILES string of the molecule is Nc1cc(Cc2cnn(CCc3ccccc3)c2)c2n[nH]nc2n1. The number of hydrogen-bond donors (Lipinski definition) is 2. The van der Waals surface area contributed by atoms with Crippen LogP contribution in [0.5, 0.6) is 0 Å². The summed E-state index contributed by atoms with van der Waals surface area (Å²) in [5.74, 6) is 0.447. The molecule has 7 nitrogen and oxygen atoms in total. The fourth-order valence-corrected chi connectivity index (χ4v) is 2.78. The van der Waals surface area contributed by atoms with E-state index in [0.717, 1.165) is 29.6 Å². The Balaban J connectivity index is 1.49. The number of nitrogens with zero attached hydrogens (tertiary/aromatic N) is 5. The van der Waals surface area contributed by atoms with Gasteiger partial charge in [-0.3, -0.25) is 4.68 Å². The molecule has 0 aliphatic carbocycles. The number of nitrogens with two attached hydrogens (primary N) is 1. The summed E-state index contributed by atoms with van der Waals surface area (Å²) >= 11 is 0. The summed E-state index contributed by atoms with van der Waals surface area (Å²) in [7, 11) is 0. The zero-order chi connectivity index (χ0) is 16.4. The highest BCUT2D eigenvalue weighted by atomic mass is 15.3. The minimum absolute atomic E-state index is 0.447. The maximum Gasteiger partial charge on any atom is 0.203 e. The Labute approximate surface area is 138 Å². The van der Waals surface area contributed by atoms with Crippen molar-refractivity contribution in [1.82, 2.24) is 30.2 Å². The van der Waals surface area contributed by atoms with E-state index in [2.05, 4.69) is 56.0 Å². The first kappa shape index (κ1) is 14.4. The number of aryl methyl sites for hydroxylation is 2. The van der Waals surface area contributed by atoms with Crippen LogP contribution in [0, 0.1) is 0 Å². The average Bonchev–Trinajstić information content (AvgIpc) is 3.23. The van der Waals surface area contributed by atoms with Gasteiger partial charge in [0.1, 0.15) is 11.3 Å². The smallest absolute Gasteiger partial charge is 0.203 e. The van der Waals surface area contributed by atoms with Crippen LogP contribution in [0.4, 0.5) is 5.82 Å². The van der Waals surface area contributed by atoms with Gasteiger partial charge < -0.3 is 5.73 Å². The third-order valence-corrected chi connectivity index (χ3v) is 3.94. The summed E-state index contributed by atoms with van der Waals surface area (Å²) in [4.78, 5) is 4.16. The number of H-pyrrole nitrogens is 1. The Morgan fingerprint density at radius 2 is 1.96 bits per heavy atom. The molecular formula is C17H17N7. The summed E-state index contributed by atoms with van der Waals surface area (Å²) in [6, 6.07) is 12.2. The highest BCUT2D eigenvalue weighted by Crippen LogP contribution is 2.18. The molecule has 4 rings (SSSR count). The number of hydrogen-bond acceptors (Lipinski definition) is 5. The molecule has 0 atom stereocenters. The minimum atomic E-state index is 0.447. The number of anilines is 1. The lowest BCUT2D eigenvalue weighted by molar-refractivity contribution is 0.614. The molecular weight excluding hydrogens is 302 g/mol. The third kappa shape index (κ3) is 2.96. The van der Waals surface area contributed by atoms with Crippen LogP contribution < -0.4 is 5.73 Å². The molecule has 0 fully saturated rings. The second-order valence-electron chi connectivity index (χ2n) is 5.73. The molecule has 0 radical (unpaired) electrons. The standard InChI is InChI=1S/C17H17N7/c18-15-9-14(16-17(20-15)22-23-21-16)8-13-10-19-24(11-13)7-6-12-4-2-1-3-5-12/h1-5,9-11H,6-8H2,(H3,18,20,21,22,23). The van der Waals surface area contributed by atoms with Gasteiger partial charge in [-0.25, -0.2) is 4.98 Å². The van der Waals surface area contributed by atoms with Crippen LogP contribution in [0.2, 0.25) is 0 Å². The van der Waals surface area contributed by atoms with Gasteiger partial charge in [0, 0.05) is 19.2 Å². The van der Waals surface area contributed by atoms with Gasteiger partial charge in [0.15, 0.2) is 0 Å². The number of aromatic amines is 1.